The molecular weight excluding hydrogens is 414 g/mol. The van der Waals surface area contributed by atoms with Crippen LogP contribution in [0.1, 0.15) is 56.3 Å². The number of nitrogens with zero attached hydrogens (tertiary/aromatic N) is 4. The molecule has 1 aromatic carbocycles. The largest absolute Gasteiger partial charge is 0.357 e. The van der Waals surface area contributed by atoms with Gasteiger partial charge in [0.2, 0.25) is 5.95 Å². The van der Waals surface area contributed by atoms with Crippen molar-refractivity contribution in [2.24, 2.45) is 5.73 Å². The summed E-state index contributed by atoms with van der Waals surface area (Å²) in [4.78, 5) is 24.1. The van der Waals surface area contributed by atoms with E-state index in [2.05, 4.69) is 46.1 Å². The van der Waals surface area contributed by atoms with Crippen LogP contribution in [-0.4, -0.2) is 47.1 Å². The third-order valence-corrected chi connectivity index (χ3v) is 5.68. The molecule has 0 radical (unpaired) electrons. The Morgan fingerprint density at radius 2 is 1.70 bits per heavy atom. The Labute approximate surface area is 196 Å². The Morgan fingerprint density at radius 1 is 1.00 bits per heavy atom. The number of unbranched alkanes of at least 4 members (excludes halogenated alkanes) is 2. The van der Waals surface area contributed by atoms with Crippen LogP contribution in [0, 0.1) is 0 Å². The van der Waals surface area contributed by atoms with E-state index in [-0.39, 0.29) is 5.91 Å². The monoisotopic (exact) mass is 451 g/mol. The van der Waals surface area contributed by atoms with E-state index < -0.39 is 0 Å². The number of fused-ring (bicyclic) bond motifs is 1. The van der Waals surface area contributed by atoms with Gasteiger partial charge in [-0.2, -0.15) is 0 Å². The van der Waals surface area contributed by atoms with Gasteiger partial charge in [0.05, 0.1) is 0 Å². The Kier molecular flexibility index (Phi) is 9.06. The molecule has 0 unspecified atom stereocenters. The number of aromatic nitrogens is 3. The topological polar surface area (TPSA) is 101 Å². The van der Waals surface area contributed by atoms with Gasteiger partial charge in [-0.3, -0.25) is 9.36 Å². The average molecular weight is 452 g/mol. The van der Waals surface area contributed by atoms with E-state index in [0.29, 0.717) is 12.1 Å². The number of hydrogen-bond donors (Lipinski definition) is 3. The number of rotatable bonds is 13. The van der Waals surface area contributed by atoms with E-state index in [9.17, 15) is 4.79 Å². The second-order valence-electron chi connectivity index (χ2n) is 8.22. The highest BCUT2D eigenvalue weighted by molar-refractivity contribution is 5.94. The molecule has 178 valence electrons. The van der Waals surface area contributed by atoms with Gasteiger partial charge in [-0.05, 0) is 62.2 Å². The molecule has 0 bridgehead atoms. The minimum atomic E-state index is -0.107. The number of nitrogens with one attached hydrogen (secondary N) is 2. The number of anilines is 3. The van der Waals surface area contributed by atoms with Gasteiger partial charge >= 0.3 is 0 Å². The number of nitrogens with two attached hydrogens (primary N) is 1. The maximum atomic E-state index is 11.8. The quantitative estimate of drug-likeness (QED) is 0.358. The van der Waals surface area contributed by atoms with Crippen LogP contribution in [0.3, 0.4) is 0 Å². The van der Waals surface area contributed by atoms with Crippen molar-refractivity contribution in [2.75, 3.05) is 36.9 Å². The van der Waals surface area contributed by atoms with E-state index >= 15 is 0 Å². The van der Waals surface area contributed by atoms with Crippen molar-refractivity contribution in [3.05, 3.63) is 42.0 Å². The van der Waals surface area contributed by atoms with Crippen LogP contribution in [0.15, 0.2) is 36.4 Å². The highest BCUT2D eigenvalue weighted by Gasteiger charge is 2.15. The molecule has 0 atom stereocenters. The third kappa shape index (κ3) is 6.22. The summed E-state index contributed by atoms with van der Waals surface area (Å²) in [6.45, 7) is 7.78. The molecule has 0 aliphatic heterocycles. The molecule has 0 fully saturated rings. The lowest BCUT2D eigenvalue weighted by Crippen LogP contribution is -2.26. The second kappa shape index (κ2) is 12.2. The molecule has 4 N–H and O–H groups in total. The van der Waals surface area contributed by atoms with Crippen LogP contribution in [0.4, 0.5) is 17.5 Å². The lowest BCUT2D eigenvalue weighted by Gasteiger charge is -2.23. The highest BCUT2D eigenvalue weighted by Crippen LogP contribution is 2.25. The third-order valence-electron chi connectivity index (χ3n) is 5.68. The van der Waals surface area contributed by atoms with E-state index in [1.807, 2.05) is 12.1 Å². The number of pyridine rings is 1. The molecule has 2 aromatic heterocycles. The number of carbonyl (C=O) groups is 1. The number of aryl methyl sites for hydroxylation is 1. The molecule has 33 heavy (non-hydrogen) atoms. The van der Waals surface area contributed by atoms with Crippen LogP contribution in [0.2, 0.25) is 0 Å². The van der Waals surface area contributed by atoms with Crippen molar-refractivity contribution < 1.29 is 4.79 Å². The predicted octanol–water partition coefficient (Wildman–Crippen LogP) is 4.29. The van der Waals surface area contributed by atoms with Gasteiger partial charge in [0.25, 0.3) is 5.91 Å². The molecule has 8 nitrogen and oxygen atoms in total. The molecule has 2 heterocycles. The van der Waals surface area contributed by atoms with Gasteiger partial charge < -0.3 is 21.3 Å². The summed E-state index contributed by atoms with van der Waals surface area (Å²) in [5.41, 5.74) is 9.01. The molecule has 0 aliphatic carbocycles. The Bertz CT molecular complexity index is 1020. The molecule has 0 saturated carbocycles. The standard InChI is InChI=1S/C25H37N7O/c1-4-6-16-31(17-7-5-2)22-14-13-21-23(30-22)32(18-8-15-26)25(29-21)28-20-11-9-19(10-12-20)24(33)27-3/h9-14H,4-8,15-18,26H2,1-3H3,(H,27,33)(H,28,29). The first kappa shape index (κ1) is 24.5. The van der Waals surface area contributed by atoms with Crippen molar-refractivity contribution >= 4 is 34.5 Å². The first-order chi connectivity index (χ1) is 16.1. The Hall–Kier alpha value is -3.13. The summed E-state index contributed by atoms with van der Waals surface area (Å²) in [6, 6.07) is 11.5. The van der Waals surface area contributed by atoms with Crippen molar-refractivity contribution in [1.29, 1.82) is 0 Å². The van der Waals surface area contributed by atoms with E-state index in [1.165, 1.54) is 0 Å². The van der Waals surface area contributed by atoms with E-state index in [1.54, 1.807) is 19.2 Å². The average Bonchev–Trinajstić information content (AvgIpc) is 3.18. The summed E-state index contributed by atoms with van der Waals surface area (Å²) in [5.74, 6) is 1.62. The lowest BCUT2D eigenvalue weighted by molar-refractivity contribution is 0.0963. The number of amides is 1. The smallest absolute Gasteiger partial charge is 0.251 e. The number of hydrogen-bond acceptors (Lipinski definition) is 6. The maximum absolute atomic E-state index is 11.8. The zero-order valence-electron chi connectivity index (χ0n) is 20.1. The normalized spacial score (nSPS) is 11.0. The first-order valence-electron chi connectivity index (χ1n) is 12.0. The van der Waals surface area contributed by atoms with Gasteiger partial charge in [-0.1, -0.05) is 26.7 Å². The molecular formula is C25H37N7O. The van der Waals surface area contributed by atoms with Gasteiger partial charge in [0, 0.05) is 37.9 Å². The van der Waals surface area contributed by atoms with Gasteiger partial charge in [-0.25, -0.2) is 9.97 Å². The molecule has 0 saturated heterocycles. The summed E-state index contributed by atoms with van der Waals surface area (Å²) >= 11 is 0. The molecule has 3 rings (SSSR count). The number of benzene rings is 1. The van der Waals surface area contributed by atoms with Gasteiger partial charge in [0.15, 0.2) is 5.65 Å². The Morgan fingerprint density at radius 3 is 2.30 bits per heavy atom. The predicted molar refractivity (Wildman–Crippen MR) is 136 cm³/mol. The van der Waals surface area contributed by atoms with Crippen molar-refractivity contribution in [2.45, 2.75) is 52.5 Å². The van der Waals surface area contributed by atoms with Crippen molar-refractivity contribution in [3.8, 4) is 0 Å². The summed E-state index contributed by atoms with van der Waals surface area (Å²) in [5, 5.41) is 6.04. The number of carbonyl (C=O) groups excluding carboxylic acids is 1. The minimum absolute atomic E-state index is 0.107. The molecule has 1 amide bonds. The lowest BCUT2D eigenvalue weighted by atomic mass is 10.2. The molecule has 3 aromatic rings. The first-order valence-corrected chi connectivity index (χ1v) is 12.0. The van der Waals surface area contributed by atoms with Gasteiger partial charge in [-0.15, -0.1) is 0 Å². The fourth-order valence-corrected chi connectivity index (χ4v) is 3.74. The van der Waals surface area contributed by atoms with Crippen molar-refractivity contribution in [3.63, 3.8) is 0 Å². The molecule has 0 spiro atoms. The fraction of sp³-hybridized carbons (Fsp3) is 0.480. The molecule has 0 aliphatic rings. The van der Waals surface area contributed by atoms with Crippen LogP contribution in [-0.2, 0) is 6.54 Å². The highest BCUT2D eigenvalue weighted by atomic mass is 16.1. The minimum Gasteiger partial charge on any atom is -0.357 e. The molecule has 8 heteroatoms. The van der Waals surface area contributed by atoms with Crippen molar-refractivity contribution in [1.82, 2.24) is 19.9 Å². The van der Waals surface area contributed by atoms with Crippen LogP contribution >= 0.6 is 0 Å². The van der Waals surface area contributed by atoms with Crippen LogP contribution < -0.4 is 21.3 Å². The summed E-state index contributed by atoms with van der Waals surface area (Å²) in [6.07, 6.45) is 5.44. The second-order valence-corrected chi connectivity index (χ2v) is 8.22. The summed E-state index contributed by atoms with van der Waals surface area (Å²) in [7, 11) is 1.63. The number of imidazole rings is 1. The summed E-state index contributed by atoms with van der Waals surface area (Å²) < 4.78 is 2.11. The SMILES string of the molecule is CCCCN(CCCC)c1ccc2nc(Nc3ccc(C(=O)NC)cc3)n(CCCN)c2n1. The zero-order chi connectivity index (χ0) is 23.6. The van der Waals surface area contributed by atoms with Crippen LogP contribution in [0.5, 0.6) is 0 Å². The Balaban J connectivity index is 1.93. The maximum Gasteiger partial charge on any atom is 0.251 e. The zero-order valence-corrected chi connectivity index (χ0v) is 20.1. The van der Waals surface area contributed by atoms with E-state index in [4.69, 9.17) is 15.7 Å². The van der Waals surface area contributed by atoms with E-state index in [0.717, 1.165) is 80.4 Å². The fourth-order valence-electron chi connectivity index (χ4n) is 3.74. The van der Waals surface area contributed by atoms with Gasteiger partial charge in [0.1, 0.15) is 11.3 Å². The van der Waals surface area contributed by atoms with Crippen LogP contribution in [0.25, 0.3) is 11.2 Å².